The van der Waals surface area contributed by atoms with Gasteiger partial charge in [0.15, 0.2) is 12.2 Å². The van der Waals surface area contributed by atoms with E-state index in [0.717, 1.165) is 34.6 Å². The Kier molecular flexibility index (Phi) is 3.97. The highest BCUT2D eigenvalue weighted by atomic mass is 79.9. The summed E-state index contributed by atoms with van der Waals surface area (Å²) in [6.45, 7) is 5.78. The van der Waals surface area contributed by atoms with Crippen molar-refractivity contribution in [1.29, 1.82) is 0 Å². The van der Waals surface area contributed by atoms with Crippen LogP contribution in [0.4, 0.5) is 0 Å². The molecule has 0 fully saturated rings. The minimum atomic E-state index is 0.725. The molecule has 90 valence electrons. The average molecular weight is 295 g/mol. The van der Waals surface area contributed by atoms with Gasteiger partial charge in [0.2, 0.25) is 0 Å². The molecule has 0 saturated carbocycles. The molecule has 1 heterocycles. The molecule has 0 spiro atoms. The van der Waals surface area contributed by atoms with Crippen molar-refractivity contribution >= 4 is 15.9 Å². The fourth-order valence-electron chi connectivity index (χ4n) is 1.67. The van der Waals surface area contributed by atoms with E-state index in [2.05, 4.69) is 52.2 Å². The first kappa shape index (κ1) is 12.3. The summed E-state index contributed by atoms with van der Waals surface area (Å²) in [5, 5.41) is 3.26. The SMILES string of the molecule is CCNCc1ncoc1-c1cc(C)ccc1Br. The number of hydrogen-bond donors (Lipinski definition) is 1. The molecule has 4 heteroatoms. The number of aromatic nitrogens is 1. The van der Waals surface area contributed by atoms with E-state index in [-0.39, 0.29) is 0 Å². The molecule has 0 radical (unpaired) electrons. The van der Waals surface area contributed by atoms with Gasteiger partial charge in [-0.2, -0.15) is 0 Å². The van der Waals surface area contributed by atoms with E-state index in [4.69, 9.17) is 4.42 Å². The number of nitrogens with one attached hydrogen (secondary N) is 1. The molecule has 0 aliphatic heterocycles. The van der Waals surface area contributed by atoms with Crippen LogP contribution in [0.15, 0.2) is 33.5 Å². The molecule has 1 N–H and O–H groups in total. The number of aryl methyl sites for hydroxylation is 1. The molecule has 1 aromatic carbocycles. The van der Waals surface area contributed by atoms with Gasteiger partial charge in [-0.3, -0.25) is 0 Å². The van der Waals surface area contributed by atoms with Crippen LogP contribution >= 0.6 is 15.9 Å². The summed E-state index contributed by atoms with van der Waals surface area (Å²) in [5.41, 5.74) is 3.20. The Balaban J connectivity index is 2.38. The van der Waals surface area contributed by atoms with Gasteiger partial charge >= 0.3 is 0 Å². The molecule has 17 heavy (non-hydrogen) atoms. The molecule has 0 bridgehead atoms. The largest absolute Gasteiger partial charge is 0.443 e. The van der Waals surface area contributed by atoms with E-state index in [1.165, 1.54) is 12.0 Å². The minimum absolute atomic E-state index is 0.725. The Morgan fingerprint density at radius 1 is 1.41 bits per heavy atom. The summed E-state index contributed by atoms with van der Waals surface area (Å²) in [7, 11) is 0. The third-order valence-corrected chi connectivity index (χ3v) is 3.24. The Bertz CT molecular complexity index is 508. The lowest BCUT2D eigenvalue weighted by Crippen LogP contribution is -2.12. The van der Waals surface area contributed by atoms with Crippen LogP contribution in [-0.4, -0.2) is 11.5 Å². The normalized spacial score (nSPS) is 10.8. The van der Waals surface area contributed by atoms with Gasteiger partial charge in [-0.15, -0.1) is 0 Å². The van der Waals surface area contributed by atoms with Crippen LogP contribution in [0.5, 0.6) is 0 Å². The highest BCUT2D eigenvalue weighted by molar-refractivity contribution is 9.10. The van der Waals surface area contributed by atoms with Crippen molar-refractivity contribution in [1.82, 2.24) is 10.3 Å². The summed E-state index contributed by atoms with van der Waals surface area (Å²) in [6.07, 6.45) is 1.50. The van der Waals surface area contributed by atoms with Crippen LogP contribution in [0.3, 0.4) is 0 Å². The first-order valence-electron chi connectivity index (χ1n) is 5.62. The zero-order valence-corrected chi connectivity index (χ0v) is 11.5. The van der Waals surface area contributed by atoms with Crippen LogP contribution in [0.25, 0.3) is 11.3 Å². The predicted molar refractivity (Wildman–Crippen MR) is 71.8 cm³/mol. The molecule has 1 aromatic heterocycles. The van der Waals surface area contributed by atoms with E-state index in [1.807, 2.05) is 6.07 Å². The monoisotopic (exact) mass is 294 g/mol. The van der Waals surface area contributed by atoms with Gasteiger partial charge in [-0.05, 0) is 25.6 Å². The Morgan fingerprint density at radius 2 is 2.24 bits per heavy atom. The van der Waals surface area contributed by atoms with E-state index in [0.29, 0.717) is 0 Å². The lowest BCUT2D eigenvalue weighted by molar-refractivity contribution is 0.569. The van der Waals surface area contributed by atoms with Gasteiger partial charge < -0.3 is 9.73 Å². The molecule has 3 nitrogen and oxygen atoms in total. The van der Waals surface area contributed by atoms with Crippen molar-refractivity contribution in [3.8, 4) is 11.3 Å². The minimum Gasteiger partial charge on any atom is -0.443 e. The number of halogens is 1. The molecule has 0 aliphatic rings. The topological polar surface area (TPSA) is 38.1 Å². The maximum Gasteiger partial charge on any atom is 0.181 e. The molecule has 2 rings (SSSR count). The zero-order chi connectivity index (χ0) is 12.3. The van der Waals surface area contributed by atoms with Crippen LogP contribution in [0, 0.1) is 6.92 Å². The first-order valence-corrected chi connectivity index (χ1v) is 6.41. The smallest absolute Gasteiger partial charge is 0.181 e. The number of oxazole rings is 1. The Hall–Kier alpha value is -1.13. The summed E-state index contributed by atoms with van der Waals surface area (Å²) in [6, 6.07) is 6.19. The van der Waals surface area contributed by atoms with Gasteiger partial charge in [0.05, 0.1) is 0 Å². The highest BCUT2D eigenvalue weighted by Gasteiger charge is 2.13. The molecule has 0 atom stereocenters. The third kappa shape index (κ3) is 2.76. The number of benzene rings is 1. The number of hydrogen-bond acceptors (Lipinski definition) is 3. The number of rotatable bonds is 4. The van der Waals surface area contributed by atoms with Crippen molar-refractivity contribution < 1.29 is 4.42 Å². The van der Waals surface area contributed by atoms with Gasteiger partial charge in [0, 0.05) is 16.6 Å². The van der Waals surface area contributed by atoms with Crippen molar-refractivity contribution in [3.05, 3.63) is 40.3 Å². The zero-order valence-electron chi connectivity index (χ0n) is 9.96. The Labute approximate surface area is 109 Å². The summed E-state index contributed by atoms with van der Waals surface area (Å²) < 4.78 is 6.53. The van der Waals surface area contributed by atoms with Gasteiger partial charge in [0.25, 0.3) is 0 Å². The predicted octanol–water partition coefficient (Wildman–Crippen LogP) is 3.52. The van der Waals surface area contributed by atoms with Crippen LogP contribution < -0.4 is 5.32 Å². The molecule has 0 saturated heterocycles. The maximum absolute atomic E-state index is 5.50. The van der Waals surface area contributed by atoms with E-state index in [1.54, 1.807) is 0 Å². The fourth-order valence-corrected chi connectivity index (χ4v) is 2.10. The lowest BCUT2D eigenvalue weighted by atomic mass is 10.1. The lowest BCUT2D eigenvalue weighted by Gasteiger charge is -2.05. The second-order valence-electron chi connectivity index (χ2n) is 3.89. The molecule has 0 unspecified atom stereocenters. The van der Waals surface area contributed by atoms with E-state index >= 15 is 0 Å². The average Bonchev–Trinajstić information content (AvgIpc) is 2.77. The molecular formula is C13H15BrN2O. The molecular weight excluding hydrogens is 280 g/mol. The van der Waals surface area contributed by atoms with Gasteiger partial charge in [-0.25, -0.2) is 4.98 Å². The van der Waals surface area contributed by atoms with Crippen molar-refractivity contribution in [2.45, 2.75) is 20.4 Å². The quantitative estimate of drug-likeness (QED) is 0.937. The second-order valence-corrected chi connectivity index (χ2v) is 4.75. The first-order chi connectivity index (χ1) is 8.22. The molecule has 2 aromatic rings. The van der Waals surface area contributed by atoms with Crippen molar-refractivity contribution in [2.24, 2.45) is 0 Å². The standard InChI is InChI=1S/C13H15BrN2O/c1-3-15-7-12-13(17-8-16-12)10-6-9(2)4-5-11(10)14/h4-6,8,15H,3,7H2,1-2H3. The van der Waals surface area contributed by atoms with E-state index in [9.17, 15) is 0 Å². The van der Waals surface area contributed by atoms with Crippen LogP contribution in [-0.2, 0) is 6.54 Å². The second kappa shape index (κ2) is 5.47. The third-order valence-electron chi connectivity index (χ3n) is 2.55. The molecule has 0 aliphatic carbocycles. The van der Waals surface area contributed by atoms with E-state index < -0.39 is 0 Å². The van der Waals surface area contributed by atoms with Crippen LogP contribution in [0.1, 0.15) is 18.2 Å². The summed E-state index contributed by atoms with van der Waals surface area (Å²) in [5.74, 6) is 0.835. The van der Waals surface area contributed by atoms with Gasteiger partial charge in [-0.1, -0.05) is 34.5 Å². The summed E-state index contributed by atoms with van der Waals surface area (Å²) >= 11 is 3.55. The van der Waals surface area contributed by atoms with Crippen LogP contribution in [0.2, 0.25) is 0 Å². The highest BCUT2D eigenvalue weighted by Crippen LogP contribution is 2.31. The van der Waals surface area contributed by atoms with Crippen molar-refractivity contribution in [2.75, 3.05) is 6.54 Å². The Morgan fingerprint density at radius 3 is 3.00 bits per heavy atom. The van der Waals surface area contributed by atoms with Gasteiger partial charge in [0.1, 0.15) is 5.69 Å². The molecule has 0 amide bonds. The number of nitrogens with zero attached hydrogens (tertiary/aromatic N) is 1. The maximum atomic E-state index is 5.50. The van der Waals surface area contributed by atoms with Crippen molar-refractivity contribution in [3.63, 3.8) is 0 Å². The summed E-state index contributed by atoms with van der Waals surface area (Å²) in [4.78, 5) is 4.25. The fraction of sp³-hybridized carbons (Fsp3) is 0.308.